The van der Waals surface area contributed by atoms with Crippen molar-refractivity contribution in [3.05, 3.63) is 58.4 Å². The Bertz CT molecular complexity index is 1730. The number of benzene rings is 1. The third-order valence-corrected chi connectivity index (χ3v) is 8.21. The Morgan fingerprint density at radius 1 is 1.10 bits per heavy atom. The van der Waals surface area contributed by atoms with Gasteiger partial charge in [0.1, 0.15) is 17.4 Å². The molecule has 0 amide bonds. The number of fused-ring (bicyclic) bond motifs is 1. The molecule has 0 spiro atoms. The monoisotopic (exact) mass is 548 g/mol. The number of hydrogen-bond acceptors (Lipinski definition) is 10. The molecule has 39 heavy (non-hydrogen) atoms. The van der Waals surface area contributed by atoms with Gasteiger partial charge in [-0.1, -0.05) is 12.1 Å². The van der Waals surface area contributed by atoms with E-state index >= 15 is 0 Å². The van der Waals surface area contributed by atoms with E-state index in [0.29, 0.717) is 40.3 Å². The summed E-state index contributed by atoms with van der Waals surface area (Å²) in [5, 5.41) is 8.30. The molecule has 2 fully saturated rings. The molecule has 1 aromatic carbocycles. The third kappa shape index (κ3) is 4.94. The number of methoxy groups -OCH3 is 1. The van der Waals surface area contributed by atoms with Gasteiger partial charge in [0.2, 0.25) is 15.9 Å². The summed E-state index contributed by atoms with van der Waals surface area (Å²) in [6, 6.07) is 6.06. The number of anilines is 1. The molecule has 2 aliphatic carbocycles. The molecular weight excluding hydrogens is 520 g/mol. The van der Waals surface area contributed by atoms with Gasteiger partial charge in [-0.15, -0.1) is 0 Å². The van der Waals surface area contributed by atoms with E-state index in [-0.39, 0.29) is 28.9 Å². The van der Waals surface area contributed by atoms with Crippen LogP contribution in [0.1, 0.15) is 55.8 Å². The summed E-state index contributed by atoms with van der Waals surface area (Å²) < 4.78 is 30.3. The lowest BCUT2D eigenvalue weighted by Crippen LogP contribution is -2.29. The van der Waals surface area contributed by atoms with Crippen molar-refractivity contribution in [3.63, 3.8) is 0 Å². The van der Waals surface area contributed by atoms with Crippen LogP contribution in [0.5, 0.6) is 5.88 Å². The van der Waals surface area contributed by atoms with E-state index in [1.165, 1.54) is 18.5 Å². The van der Waals surface area contributed by atoms with E-state index in [1.807, 2.05) is 6.92 Å². The second kappa shape index (κ2) is 9.65. The molecule has 3 aromatic heterocycles. The molecule has 1 atom stereocenters. The number of hydrogen-bond donors (Lipinski definition) is 2. The molecule has 6 rings (SSSR count). The molecule has 202 valence electrons. The van der Waals surface area contributed by atoms with Crippen LogP contribution in [-0.4, -0.2) is 45.0 Å². The van der Waals surface area contributed by atoms with Crippen LogP contribution in [0.25, 0.3) is 22.6 Å². The van der Waals surface area contributed by atoms with Gasteiger partial charge in [-0.2, -0.15) is 0 Å². The van der Waals surface area contributed by atoms with Gasteiger partial charge in [0.15, 0.2) is 17.3 Å². The number of ether oxygens (including phenoxy) is 1. The molecule has 2 saturated carbocycles. The smallest absolute Gasteiger partial charge is 0.295 e. The SMILES string of the molecule is COc1ncnc(C2CC2)c1-c1ncc2nc(NCc3ccc(S(N)(=O)=O)cc3)c(=O)n([C@@H](C)C3CC3)c2n1. The van der Waals surface area contributed by atoms with Crippen molar-refractivity contribution in [2.45, 2.75) is 56.0 Å². The van der Waals surface area contributed by atoms with Crippen LogP contribution < -0.4 is 20.8 Å². The highest BCUT2D eigenvalue weighted by atomic mass is 32.2. The molecule has 2 aliphatic rings. The van der Waals surface area contributed by atoms with Crippen LogP contribution in [-0.2, 0) is 16.6 Å². The Morgan fingerprint density at radius 2 is 1.85 bits per heavy atom. The summed E-state index contributed by atoms with van der Waals surface area (Å²) in [4.78, 5) is 36.6. The average Bonchev–Trinajstić information content (AvgIpc) is 3.84. The fraction of sp³-hybridized carbons (Fsp3) is 0.385. The van der Waals surface area contributed by atoms with Crippen LogP contribution in [0, 0.1) is 5.92 Å². The van der Waals surface area contributed by atoms with E-state index in [2.05, 4.69) is 25.3 Å². The number of aromatic nitrogens is 6. The number of sulfonamides is 1. The van der Waals surface area contributed by atoms with Crippen molar-refractivity contribution < 1.29 is 13.2 Å². The van der Waals surface area contributed by atoms with E-state index < -0.39 is 10.0 Å². The first-order valence-corrected chi connectivity index (χ1v) is 14.3. The van der Waals surface area contributed by atoms with Crippen molar-refractivity contribution in [1.29, 1.82) is 0 Å². The summed E-state index contributed by atoms with van der Waals surface area (Å²) in [6.07, 6.45) is 7.25. The second-order valence-corrected chi connectivity index (χ2v) is 11.6. The summed E-state index contributed by atoms with van der Waals surface area (Å²) in [5.41, 5.74) is 2.90. The van der Waals surface area contributed by atoms with E-state index in [0.717, 1.165) is 36.9 Å². The number of nitrogens with zero attached hydrogens (tertiary/aromatic N) is 6. The van der Waals surface area contributed by atoms with Gasteiger partial charge in [0, 0.05) is 18.5 Å². The first kappa shape index (κ1) is 25.3. The molecule has 0 saturated heterocycles. The van der Waals surface area contributed by atoms with Crippen LogP contribution in [0.3, 0.4) is 0 Å². The molecule has 3 heterocycles. The maximum Gasteiger partial charge on any atom is 0.295 e. The van der Waals surface area contributed by atoms with Crippen molar-refractivity contribution in [2.75, 3.05) is 12.4 Å². The lowest BCUT2D eigenvalue weighted by molar-refractivity contribution is 0.397. The third-order valence-electron chi connectivity index (χ3n) is 7.28. The second-order valence-electron chi connectivity index (χ2n) is 10.1. The van der Waals surface area contributed by atoms with Crippen LogP contribution >= 0.6 is 0 Å². The normalized spacial score (nSPS) is 16.3. The van der Waals surface area contributed by atoms with Gasteiger partial charge in [-0.25, -0.2) is 38.5 Å². The summed E-state index contributed by atoms with van der Waals surface area (Å²) >= 11 is 0. The first-order chi connectivity index (χ1) is 18.7. The van der Waals surface area contributed by atoms with Crippen LogP contribution in [0.15, 0.2) is 46.5 Å². The molecule has 0 bridgehead atoms. The van der Waals surface area contributed by atoms with Gasteiger partial charge in [-0.05, 0) is 56.2 Å². The minimum atomic E-state index is -3.78. The lowest BCUT2D eigenvalue weighted by atomic mass is 10.1. The lowest BCUT2D eigenvalue weighted by Gasteiger charge is -2.19. The zero-order valence-electron chi connectivity index (χ0n) is 21.5. The molecule has 0 aliphatic heterocycles. The Labute approximate surface area is 224 Å². The van der Waals surface area contributed by atoms with Crippen LogP contribution in [0.4, 0.5) is 5.82 Å². The highest BCUT2D eigenvalue weighted by Gasteiger charge is 2.34. The summed E-state index contributed by atoms with van der Waals surface area (Å²) in [6.45, 7) is 2.29. The Hall–Kier alpha value is -3.97. The maximum atomic E-state index is 13.8. The Balaban J connectivity index is 1.41. The van der Waals surface area contributed by atoms with E-state index in [1.54, 1.807) is 30.0 Å². The molecule has 13 heteroatoms. The minimum absolute atomic E-state index is 0.0222. The van der Waals surface area contributed by atoms with E-state index in [4.69, 9.17) is 14.9 Å². The predicted molar refractivity (Wildman–Crippen MR) is 144 cm³/mol. The Morgan fingerprint density at radius 3 is 2.49 bits per heavy atom. The number of primary sulfonamides is 1. The molecule has 4 aromatic rings. The Kier molecular flexibility index (Phi) is 6.26. The van der Waals surface area contributed by atoms with Gasteiger partial charge in [0.05, 0.1) is 23.9 Å². The van der Waals surface area contributed by atoms with Crippen molar-refractivity contribution >= 4 is 27.0 Å². The highest BCUT2D eigenvalue weighted by molar-refractivity contribution is 7.89. The fourth-order valence-corrected chi connectivity index (χ4v) is 5.32. The van der Waals surface area contributed by atoms with Gasteiger partial charge in [-0.3, -0.25) is 9.36 Å². The topological polar surface area (TPSA) is 168 Å². The molecule has 0 radical (unpaired) electrons. The first-order valence-electron chi connectivity index (χ1n) is 12.8. The average molecular weight is 549 g/mol. The molecule has 12 nitrogen and oxygen atoms in total. The molecule has 0 unspecified atom stereocenters. The number of rotatable bonds is 9. The maximum absolute atomic E-state index is 13.8. The van der Waals surface area contributed by atoms with Crippen LogP contribution in [0.2, 0.25) is 0 Å². The van der Waals surface area contributed by atoms with Crippen molar-refractivity contribution in [1.82, 2.24) is 29.5 Å². The number of nitrogens with two attached hydrogens (primary N) is 1. The minimum Gasteiger partial charge on any atom is -0.480 e. The molecular formula is C26H28N8O4S. The van der Waals surface area contributed by atoms with Gasteiger partial charge in [0.25, 0.3) is 5.56 Å². The van der Waals surface area contributed by atoms with Crippen molar-refractivity contribution in [2.24, 2.45) is 11.1 Å². The zero-order valence-corrected chi connectivity index (χ0v) is 22.4. The largest absolute Gasteiger partial charge is 0.480 e. The van der Waals surface area contributed by atoms with Gasteiger partial charge >= 0.3 is 0 Å². The molecule has 3 N–H and O–H groups in total. The summed E-state index contributed by atoms with van der Waals surface area (Å²) in [5.74, 6) is 1.65. The quantitative estimate of drug-likeness (QED) is 0.317. The van der Waals surface area contributed by atoms with Crippen molar-refractivity contribution in [3.8, 4) is 17.3 Å². The van der Waals surface area contributed by atoms with Gasteiger partial charge < -0.3 is 10.1 Å². The zero-order chi connectivity index (χ0) is 27.3. The highest BCUT2D eigenvalue weighted by Crippen LogP contribution is 2.45. The van der Waals surface area contributed by atoms with E-state index in [9.17, 15) is 13.2 Å². The summed E-state index contributed by atoms with van der Waals surface area (Å²) in [7, 11) is -2.23. The number of nitrogens with one attached hydrogen (secondary N) is 1. The predicted octanol–water partition coefficient (Wildman–Crippen LogP) is 2.76. The fourth-order valence-electron chi connectivity index (χ4n) is 4.80. The standard InChI is InChI=1S/C26H28N8O4S/c1-14(16-5-6-16)34-24-19(12-29-22(33-24)20-21(17-7-8-17)30-13-31-25(20)38-2)32-23(26(34)35)28-11-15-3-9-18(10-4-15)39(27,36)37/h3-4,9-10,12-14,16-17H,5-8,11H2,1-2H3,(H,28,32)(H2,27,36,37)/t14-/m0/s1.